The number of hydrogen-bond donors (Lipinski definition) is 0. The van der Waals surface area contributed by atoms with Crippen molar-refractivity contribution in [3.05, 3.63) is 46.8 Å². The summed E-state index contributed by atoms with van der Waals surface area (Å²) in [6.45, 7) is 4.34. The number of rotatable bonds is 4. The minimum Gasteiger partial charge on any atom is -0.204 e. The van der Waals surface area contributed by atoms with Crippen LogP contribution in [0.5, 0.6) is 0 Å². The van der Waals surface area contributed by atoms with Crippen LogP contribution in [0.3, 0.4) is 0 Å². The molecule has 0 aromatic heterocycles. The molecule has 0 radical (unpaired) electrons. The summed E-state index contributed by atoms with van der Waals surface area (Å²) in [5.74, 6) is -2.80. The summed E-state index contributed by atoms with van der Waals surface area (Å²) >= 11 is 0. The highest BCUT2D eigenvalue weighted by molar-refractivity contribution is 5.24. The fourth-order valence-corrected chi connectivity index (χ4v) is 3.23. The number of benzene rings is 1. The Hall–Kier alpha value is -1.25. The van der Waals surface area contributed by atoms with Crippen molar-refractivity contribution in [3.63, 3.8) is 0 Å². The lowest BCUT2D eigenvalue weighted by Gasteiger charge is -2.29. The van der Waals surface area contributed by atoms with Crippen LogP contribution in [0, 0.1) is 23.4 Å². The Morgan fingerprint density at radius 3 is 2.19 bits per heavy atom. The van der Waals surface area contributed by atoms with Crippen molar-refractivity contribution < 1.29 is 13.2 Å². The second-order valence-electron chi connectivity index (χ2n) is 6.08. The predicted octanol–water partition coefficient (Wildman–Crippen LogP) is 6.12. The molecule has 0 spiro atoms. The molecule has 0 unspecified atom stereocenters. The van der Waals surface area contributed by atoms with Crippen LogP contribution < -0.4 is 0 Å². The van der Waals surface area contributed by atoms with Gasteiger partial charge in [-0.3, -0.25) is 0 Å². The van der Waals surface area contributed by atoms with Crippen molar-refractivity contribution in [2.75, 3.05) is 0 Å². The lowest BCUT2D eigenvalue weighted by atomic mass is 9.76. The maximum Gasteiger partial charge on any atom is 0.194 e. The third kappa shape index (κ3) is 3.90. The van der Waals surface area contributed by atoms with Gasteiger partial charge in [0, 0.05) is 0 Å². The van der Waals surface area contributed by atoms with Crippen LogP contribution in [0.15, 0.2) is 23.8 Å². The van der Waals surface area contributed by atoms with Crippen LogP contribution in [-0.4, -0.2) is 0 Å². The van der Waals surface area contributed by atoms with Gasteiger partial charge in [-0.2, -0.15) is 0 Å². The summed E-state index contributed by atoms with van der Waals surface area (Å²) in [5, 5.41) is 0. The molecule has 1 saturated carbocycles. The molecule has 21 heavy (non-hydrogen) atoms. The summed E-state index contributed by atoms with van der Waals surface area (Å²) in [7, 11) is 0. The number of hydrogen-bond acceptors (Lipinski definition) is 0. The first-order valence-corrected chi connectivity index (χ1v) is 7.84. The van der Waals surface area contributed by atoms with Gasteiger partial charge in [-0.15, -0.1) is 0 Å². The molecule has 0 atom stereocenters. The molecule has 1 aromatic carbocycles. The smallest absolute Gasteiger partial charge is 0.194 e. The lowest BCUT2D eigenvalue weighted by molar-refractivity contribution is 0.358. The lowest BCUT2D eigenvalue weighted by Crippen LogP contribution is -2.15. The van der Waals surface area contributed by atoms with Crippen molar-refractivity contribution in [1.29, 1.82) is 0 Å². The quantitative estimate of drug-likeness (QED) is 0.463. The third-order valence-corrected chi connectivity index (χ3v) is 4.60. The topological polar surface area (TPSA) is 0 Å². The van der Waals surface area contributed by atoms with Crippen LogP contribution in [0.4, 0.5) is 13.2 Å². The van der Waals surface area contributed by atoms with Gasteiger partial charge >= 0.3 is 0 Å². The molecule has 0 aliphatic heterocycles. The largest absolute Gasteiger partial charge is 0.204 e. The molecule has 2 rings (SSSR count). The average molecular weight is 296 g/mol. The van der Waals surface area contributed by atoms with E-state index in [1.165, 1.54) is 5.57 Å². The van der Waals surface area contributed by atoms with Crippen molar-refractivity contribution in [1.82, 2.24) is 0 Å². The Morgan fingerprint density at radius 2 is 1.67 bits per heavy atom. The van der Waals surface area contributed by atoms with Gasteiger partial charge in [0.15, 0.2) is 17.5 Å². The molecule has 1 aliphatic rings. The summed E-state index contributed by atoms with van der Waals surface area (Å²) in [6.07, 6.45) is 8.47. The Bertz CT molecular complexity index is 488. The summed E-state index contributed by atoms with van der Waals surface area (Å²) in [5.41, 5.74) is 2.03. The molecule has 3 heteroatoms. The molecule has 1 aliphatic carbocycles. The van der Waals surface area contributed by atoms with Gasteiger partial charge in [-0.25, -0.2) is 13.2 Å². The fourth-order valence-electron chi connectivity index (χ4n) is 3.23. The maximum atomic E-state index is 13.3. The van der Waals surface area contributed by atoms with Crippen LogP contribution >= 0.6 is 0 Å². The van der Waals surface area contributed by atoms with Gasteiger partial charge in [-0.1, -0.05) is 25.0 Å². The van der Waals surface area contributed by atoms with E-state index >= 15 is 0 Å². The Morgan fingerprint density at radius 1 is 1.10 bits per heavy atom. The minimum absolute atomic E-state index is 0.143. The van der Waals surface area contributed by atoms with E-state index in [-0.39, 0.29) is 5.92 Å². The maximum absolute atomic E-state index is 13.3. The summed E-state index contributed by atoms with van der Waals surface area (Å²) in [6, 6.07) is 2.31. The standard InChI is InChI=1S/C18H23F3/c1-3-4-5-12(2)13-6-8-14(9-7-13)15-10-16(19)18(21)17(20)11-15/h5,10-11,13-14H,3-4,6-9H2,1-2H3/b12-5+/t13-,14-. The van der Waals surface area contributed by atoms with Crippen LogP contribution in [0.1, 0.15) is 63.9 Å². The van der Waals surface area contributed by atoms with Gasteiger partial charge in [0.05, 0.1) is 0 Å². The zero-order chi connectivity index (χ0) is 15.4. The first kappa shape index (κ1) is 16.1. The SMILES string of the molecule is CCC/C=C(\C)[C@H]1CC[C@H](c2cc(F)c(F)c(F)c2)CC1. The Kier molecular flexibility index (Phi) is 5.49. The molecular formula is C18H23F3. The van der Waals surface area contributed by atoms with E-state index in [1.807, 2.05) is 0 Å². The summed E-state index contributed by atoms with van der Waals surface area (Å²) in [4.78, 5) is 0. The van der Waals surface area contributed by atoms with Crippen molar-refractivity contribution in [2.45, 2.75) is 58.3 Å². The molecule has 0 saturated heterocycles. The molecule has 116 valence electrons. The van der Waals surface area contributed by atoms with Gasteiger partial charge in [-0.05, 0) is 68.6 Å². The highest BCUT2D eigenvalue weighted by atomic mass is 19.2. The van der Waals surface area contributed by atoms with Crippen LogP contribution in [0.25, 0.3) is 0 Å². The first-order chi connectivity index (χ1) is 10.0. The number of allylic oxidation sites excluding steroid dienone is 2. The second-order valence-corrected chi connectivity index (χ2v) is 6.08. The van der Waals surface area contributed by atoms with Gasteiger partial charge in [0.25, 0.3) is 0 Å². The van der Waals surface area contributed by atoms with Gasteiger partial charge < -0.3 is 0 Å². The predicted molar refractivity (Wildman–Crippen MR) is 79.7 cm³/mol. The zero-order valence-electron chi connectivity index (χ0n) is 12.8. The fraction of sp³-hybridized carbons (Fsp3) is 0.556. The molecule has 0 nitrogen and oxygen atoms in total. The highest BCUT2D eigenvalue weighted by Gasteiger charge is 2.24. The van der Waals surface area contributed by atoms with E-state index in [4.69, 9.17) is 0 Å². The Balaban J connectivity index is 2.01. The Labute approximate surface area is 125 Å². The van der Waals surface area contributed by atoms with E-state index in [0.717, 1.165) is 50.7 Å². The molecule has 1 aromatic rings. The van der Waals surface area contributed by atoms with Crippen molar-refractivity contribution in [3.8, 4) is 0 Å². The van der Waals surface area contributed by atoms with E-state index in [2.05, 4.69) is 19.9 Å². The molecule has 0 heterocycles. The van der Waals surface area contributed by atoms with Crippen molar-refractivity contribution in [2.24, 2.45) is 5.92 Å². The van der Waals surface area contributed by atoms with E-state index in [0.29, 0.717) is 11.5 Å². The molecule has 0 N–H and O–H groups in total. The van der Waals surface area contributed by atoms with E-state index < -0.39 is 17.5 Å². The van der Waals surface area contributed by atoms with E-state index in [1.54, 1.807) is 0 Å². The van der Waals surface area contributed by atoms with Crippen LogP contribution in [0.2, 0.25) is 0 Å². The monoisotopic (exact) mass is 296 g/mol. The second kappa shape index (κ2) is 7.15. The van der Waals surface area contributed by atoms with E-state index in [9.17, 15) is 13.2 Å². The third-order valence-electron chi connectivity index (χ3n) is 4.60. The number of unbranched alkanes of at least 4 members (excludes halogenated alkanes) is 1. The molecule has 1 fully saturated rings. The highest BCUT2D eigenvalue weighted by Crippen LogP contribution is 2.39. The van der Waals surface area contributed by atoms with Crippen molar-refractivity contribution >= 4 is 0 Å². The normalized spacial score (nSPS) is 23.4. The molecular weight excluding hydrogens is 273 g/mol. The molecule has 0 amide bonds. The van der Waals surface area contributed by atoms with Gasteiger partial charge in [0.1, 0.15) is 0 Å². The number of halogens is 3. The van der Waals surface area contributed by atoms with Crippen LogP contribution in [-0.2, 0) is 0 Å². The minimum atomic E-state index is -1.37. The first-order valence-electron chi connectivity index (χ1n) is 7.84. The van der Waals surface area contributed by atoms with Gasteiger partial charge in [0.2, 0.25) is 0 Å². The summed E-state index contributed by atoms with van der Waals surface area (Å²) < 4.78 is 39.6. The average Bonchev–Trinajstić information content (AvgIpc) is 2.50. The molecule has 0 bridgehead atoms. The zero-order valence-corrected chi connectivity index (χ0v) is 12.8.